The molecule has 0 bridgehead atoms. The van der Waals surface area contributed by atoms with Gasteiger partial charge in [0, 0.05) is 20.2 Å². The summed E-state index contributed by atoms with van der Waals surface area (Å²) in [6.07, 6.45) is -0.0556. The number of anilines is 2. The second-order valence-electron chi connectivity index (χ2n) is 4.15. The fraction of sp³-hybridized carbons (Fsp3) is 0.727. The highest BCUT2D eigenvalue weighted by molar-refractivity contribution is 5.35. The van der Waals surface area contributed by atoms with Crippen LogP contribution < -0.4 is 15.4 Å². The minimum atomic E-state index is -0.0556. The molecule has 19 heavy (non-hydrogen) atoms. The topological polar surface area (TPSA) is 107 Å². The van der Waals surface area contributed by atoms with Crippen molar-refractivity contribution in [2.75, 3.05) is 44.0 Å². The van der Waals surface area contributed by atoms with Gasteiger partial charge in [0.25, 0.3) is 0 Å². The molecule has 1 heterocycles. The zero-order valence-corrected chi connectivity index (χ0v) is 11.5. The van der Waals surface area contributed by atoms with Gasteiger partial charge in [-0.15, -0.1) is 0 Å². The number of hydrogen-bond acceptors (Lipinski definition) is 8. The van der Waals surface area contributed by atoms with Gasteiger partial charge in [-0.05, 0) is 13.8 Å². The largest absolute Gasteiger partial charge is 0.461 e. The van der Waals surface area contributed by atoms with E-state index in [1.807, 2.05) is 13.8 Å². The standard InChI is InChI=1S/C11H21N5O3/c1-8(2)19-11-14-9(12)13-10(15-11)16(4-6-17)5-7-18-3/h8,17H,4-7H2,1-3H3,(H2,12,13,14,15). The third kappa shape index (κ3) is 5.23. The second-order valence-corrected chi connectivity index (χ2v) is 4.15. The molecule has 0 radical (unpaired) electrons. The number of ether oxygens (including phenoxy) is 2. The Bertz CT molecular complexity index is 389. The van der Waals surface area contributed by atoms with Crippen molar-refractivity contribution in [3.63, 3.8) is 0 Å². The number of aromatic nitrogens is 3. The minimum Gasteiger partial charge on any atom is -0.461 e. The number of aliphatic hydroxyl groups excluding tert-OH is 1. The molecule has 108 valence electrons. The van der Waals surface area contributed by atoms with Crippen LogP contribution in [0, 0.1) is 0 Å². The fourth-order valence-corrected chi connectivity index (χ4v) is 1.40. The van der Waals surface area contributed by atoms with Crippen molar-refractivity contribution < 1.29 is 14.6 Å². The van der Waals surface area contributed by atoms with Crippen LogP contribution in [0.15, 0.2) is 0 Å². The van der Waals surface area contributed by atoms with Crippen LogP contribution in [0.3, 0.4) is 0 Å². The van der Waals surface area contributed by atoms with Crippen LogP contribution in [0.1, 0.15) is 13.8 Å². The molecule has 0 unspecified atom stereocenters. The van der Waals surface area contributed by atoms with Crippen molar-refractivity contribution in [2.24, 2.45) is 0 Å². The van der Waals surface area contributed by atoms with Crippen LogP contribution in [0.25, 0.3) is 0 Å². The number of aliphatic hydroxyl groups is 1. The smallest absolute Gasteiger partial charge is 0.323 e. The zero-order chi connectivity index (χ0) is 14.3. The van der Waals surface area contributed by atoms with Gasteiger partial charge in [0.05, 0.1) is 19.3 Å². The fourth-order valence-electron chi connectivity index (χ4n) is 1.40. The van der Waals surface area contributed by atoms with E-state index in [1.165, 1.54) is 0 Å². The lowest BCUT2D eigenvalue weighted by Gasteiger charge is -2.21. The van der Waals surface area contributed by atoms with Gasteiger partial charge in [-0.1, -0.05) is 0 Å². The van der Waals surface area contributed by atoms with Gasteiger partial charge in [0.2, 0.25) is 11.9 Å². The number of nitrogens with zero attached hydrogens (tertiary/aromatic N) is 4. The van der Waals surface area contributed by atoms with Crippen molar-refractivity contribution in [1.82, 2.24) is 15.0 Å². The number of methoxy groups -OCH3 is 1. The maximum atomic E-state index is 9.07. The first-order chi connectivity index (χ1) is 9.06. The molecule has 0 aliphatic rings. The summed E-state index contributed by atoms with van der Waals surface area (Å²) in [4.78, 5) is 13.9. The highest BCUT2D eigenvalue weighted by Crippen LogP contribution is 2.14. The van der Waals surface area contributed by atoms with E-state index in [0.29, 0.717) is 25.6 Å². The Morgan fingerprint density at radius 1 is 1.26 bits per heavy atom. The predicted molar refractivity (Wildman–Crippen MR) is 71.2 cm³/mol. The van der Waals surface area contributed by atoms with E-state index in [4.69, 9.17) is 20.3 Å². The molecule has 8 nitrogen and oxygen atoms in total. The summed E-state index contributed by atoms with van der Waals surface area (Å²) in [5.41, 5.74) is 5.64. The molecule has 0 fully saturated rings. The van der Waals surface area contributed by atoms with Crippen LogP contribution in [0.2, 0.25) is 0 Å². The Balaban J connectivity index is 2.90. The average molecular weight is 271 g/mol. The quantitative estimate of drug-likeness (QED) is 0.663. The summed E-state index contributed by atoms with van der Waals surface area (Å²) in [7, 11) is 1.60. The molecule has 0 atom stereocenters. The Hall–Kier alpha value is -1.67. The lowest BCUT2D eigenvalue weighted by atomic mass is 10.5. The van der Waals surface area contributed by atoms with E-state index >= 15 is 0 Å². The summed E-state index contributed by atoms with van der Waals surface area (Å²) >= 11 is 0. The minimum absolute atomic E-state index is 0.0182. The van der Waals surface area contributed by atoms with Gasteiger partial charge in [-0.2, -0.15) is 15.0 Å². The van der Waals surface area contributed by atoms with Crippen molar-refractivity contribution >= 4 is 11.9 Å². The van der Waals surface area contributed by atoms with Crippen molar-refractivity contribution in [1.29, 1.82) is 0 Å². The molecular formula is C11H21N5O3. The molecule has 0 amide bonds. The van der Waals surface area contributed by atoms with Gasteiger partial charge >= 0.3 is 6.01 Å². The van der Waals surface area contributed by atoms with Crippen LogP contribution in [-0.2, 0) is 4.74 Å². The Labute approximate surface area is 112 Å². The SMILES string of the molecule is COCCN(CCO)c1nc(N)nc(OC(C)C)n1. The molecule has 0 spiro atoms. The van der Waals surface area contributed by atoms with Crippen LogP contribution in [0.5, 0.6) is 6.01 Å². The number of nitrogens with two attached hydrogens (primary N) is 1. The summed E-state index contributed by atoms with van der Waals surface area (Å²) < 4.78 is 10.4. The van der Waals surface area contributed by atoms with Gasteiger partial charge in [-0.3, -0.25) is 0 Å². The summed E-state index contributed by atoms with van der Waals surface area (Å²) in [5.74, 6) is 0.454. The van der Waals surface area contributed by atoms with E-state index in [-0.39, 0.29) is 24.7 Å². The zero-order valence-electron chi connectivity index (χ0n) is 11.5. The normalized spacial score (nSPS) is 10.8. The number of rotatable bonds is 8. The first-order valence-electron chi connectivity index (χ1n) is 6.09. The molecule has 0 saturated heterocycles. The summed E-state index contributed by atoms with van der Waals surface area (Å²) in [5, 5.41) is 9.07. The van der Waals surface area contributed by atoms with Gasteiger partial charge < -0.3 is 25.2 Å². The number of nitrogen functional groups attached to an aromatic ring is 1. The monoisotopic (exact) mass is 271 g/mol. The average Bonchev–Trinajstić information content (AvgIpc) is 2.32. The Morgan fingerprint density at radius 3 is 2.58 bits per heavy atom. The first kappa shape index (κ1) is 15.4. The summed E-state index contributed by atoms with van der Waals surface area (Å²) in [6.45, 7) is 5.14. The van der Waals surface area contributed by atoms with Crippen molar-refractivity contribution in [2.45, 2.75) is 20.0 Å². The third-order valence-corrected chi connectivity index (χ3v) is 2.18. The molecule has 0 aromatic carbocycles. The molecule has 1 aromatic rings. The highest BCUT2D eigenvalue weighted by Gasteiger charge is 2.13. The lowest BCUT2D eigenvalue weighted by Crippen LogP contribution is -2.32. The molecule has 0 aliphatic heterocycles. The first-order valence-corrected chi connectivity index (χ1v) is 6.09. The van der Waals surface area contributed by atoms with Crippen LogP contribution in [-0.4, -0.2) is 59.6 Å². The van der Waals surface area contributed by atoms with Crippen molar-refractivity contribution in [3.05, 3.63) is 0 Å². The molecule has 3 N–H and O–H groups in total. The molecule has 0 saturated carbocycles. The molecular weight excluding hydrogens is 250 g/mol. The van der Waals surface area contributed by atoms with E-state index in [0.717, 1.165) is 0 Å². The molecule has 0 aliphatic carbocycles. The molecule has 1 rings (SSSR count). The van der Waals surface area contributed by atoms with Gasteiger partial charge in [0.1, 0.15) is 0 Å². The van der Waals surface area contributed by atoms with Crippen molar-refractivity contribution in [3.8, 4) is 6.01 Å². The predicted octanol–water partition coefficient (Wildman–Crippen LogP) is -0.314. The molecule has 1 aromatic heterocycles. The van der Waals surface area contributed by atoms with E-state index in [9.17, 15) is 0 Å². The van der Waals surface area contributed by atoms with Crippen LogP contribution in [0.4, 0.5) is 11.9 Å². The maximum absolute atomic E-state index is 9.07. The third-order valence-electron chi connectivity index (χ3n) is 2.18. The lowest BCUT2D eigenvalue weighted by molar-refractivity contribution is 0.201. The number of hydrogen-bond donors (Lipinski definition) is 2. The van der Waals surface area contributed by atoms with E-state index in [1.54, 1.807) is 12.0 Å². The van der Waals surface area contributed by atoms with Gasteiger partial charge in [0.15, 0.2) is 0 Å². The Kier molecular flexibility index (Phi) is 6.23. The van der Waals surface area contributed by atoms with Gasteiger partial charge in [-0.25, -0.2) is 0 Å². The summed E-state index contributed by atoms with van der Waals surface area (Å²) in [6, 6.07) is 0.179. The van der Waals surface area contributed by atoms with E-state index in [2.05, 4.69) is 15.0 Å². The van der Waals surface area contributed by atoms with Crippen LogP contribution >= 0.6 is 0 Å². The highest BCUT2D eigenvalue weighted by atomic mass is 16.5. The maximum Gasteiger partial charge on any atom is 0.323 e. The second kappa shape index (κ2) is 7.70. The van der Waals surface area contributed by atoms with E-state index < -0.39 is 0 Å². The molecule has 8 heteroatoms. The Morgan fingerprint density at radius 2 is 2.00 bits per heavy atom.